The van der Waals surface area contributed by atoms with E-state index in [1.165, 1.54) is 12.5 Å². The zero-order chi connectivity index (χ0) is 20.2. The molecule has 29 heavy (non-hydrogen) atoms. The number of fused-ring (bicyclic) bond motifs is 1. The summed E-state index contributed by atoms with van der Waals surface area (Å²) in [6.45, 7) is 2.08. The van der Waals surface area contributed by atoms with Gasteiger partial charge in [0.15, 0.2) is 0 Å². The van der Waals surface area contributed by atoms with Crippen molar-refractivity contribution in [2.24, 2.45) is 0 Å². The monoisotopic (exact) mass is 385 g/mol. The van der Waals surface area contributed by atoms with E-state index in [0.717, 1.165) is 23.4 Å². The number of benzene rings is 3. The second-order valence-corrected chi connectivity index (χ2v) is 7.13. The number of hydrogen-bond acceptors (Lipinski definition) is 3. The molecule has 0 aromatic heterocycles. The van der Waals surface area contributed by atoms with Gasteiger partial charge in [-0.2, -0.15) is 0 Å². The van der Waals surface area contributed by atoms with Crippen LogP contribution in [0.25, 0.3) is 0 Å². The van der Waals surface area contributed by atoms with Crippen LogP contribution in [0, 0.1) is 0 Å². The van der Waals surface area contributed by atoms with Gasteiger partial charge in [0.2, 0.25) is 5.91 Å². The van der Waals surface area contributed by atoms with E-state index in [1.54, 1.807) is 0 Å². The van der Waals surface area contributed by atoms with Gasteiger partial charge < -0.3 is 15.5 Å². The molecule has 0 spiro atoms. The molecule has 146 valence electrons. The molecule has 3 aromatic rings. The second-order valence-electron chi connectivity index (χ2n) is 7.13. The van der Waals surface area contributed by atoms with E-state index in [9.17, 15) is 9.59 Å². The molecule has 1 aliphatic heterocycles. The molecule has 0 bridgehead atoms. The Morgan fingerprint density at radius 3 is 2.38 bits per heavy atom. The molecule has 4 rings (SSSR count). The highest BCUT2D eigenvalue weighted by molar-refractivity contribution is 6.01. The Bertz CT molecular complexity index is 1020. The molecule has 1 aliphatic rings. The number of anilines is 2. The number of nitrogens with one attached hydrogen (secondary N) is 2. The highest BCUT2D eigenvalue weighted by Crippen LogP contribution is 2.33. The molecule has 0 aliphatic carbocycles. The average molecular weight is 385 g/mol. The third kappa shape index (κ3) is 4.14. The summed E-state index contributed by atoms with van der Waals surface area (Å²) in [7, 11) is 0. The minimum Gasteiger partial charge on any atom is -0.361 e. The van der Waals surface area contributed by atoms with Gasteiger partial charge in [0, 0.05) is 24.8 Å². The van der Waals surface area contributed by atoms with Crippen molar-refractivity contribution in [1.29, 1.82) is 0 Å². The molecule has 0 fully saturated rings. The number of carbonyl (C=O) groups is 2. The maximum absolute atomic E-state index is 13.3. The van der Waals surface area contributed by atoms with Crippen LogP contribution in [0.5, 0.6) is 0 Å². The minimum atomic E-state index is -0.271. The van der Waals surface area contributed by atoms with Crippen molar-refractivity contribution in [3.05, 3.63) is 95.6 Å². The highest BCUT2D eigenvalue weighted by atomic mass is 16.2. The van der Waals surface area contributed by atoms with Gasteiger partial charge in [0.25, 0.3) is 5.91 Å². The smallest absolute Gasteiger partial charge is 0.257 e. The van der Waals surface area contributed by atoms with Crippen LogP contribution in [-0.2, 0) is 11.2 Å². The molecule has 2 N–H and O–H groups in total. The summed E-state index contributed by atoms with van der Waals surface area (Å²) >= 11 is 0. The second kappa shape index (κ2) is 8.19. The fraction of sp³-hybridized carbons (Fsp3) is 0.167. The van der Waals surface area contributed by atoms with Crippen LogP contribution in [0.2, 0.25) is 0 Å². The number of hydrogen-bond donors (Lipinski definition) is 2. The summed E-state index contributed by atoms with van der Waals surface area (Å²) in [5, 5.41) is 6.29. The molecule has 5 heteroatoms. The van der Waals surface area contributed by atoms with Crippen molar-refractivity contribution in [3.8, 4) is 0 Å². The van der Waals surface area contributed by atoms with Gasteiger partial charge in [-0.3, -0.25) is 9.59 Å². The van der Waals surface area contributed by atoms with Crippen LogP contribution in [0.4, 0.5) is 11.4 Å². The van der Waals surface area contributed by atoms with E-state index in [1.807, 2.05) is 71.6 Å². The summed E-state index contributed by atoms with van der Waals surface area (Å²) in [6.07, 6.45) is 0.504. The van der Waals surface area contributed by atoms with E-state index in [-0.39, 0.29) is 18.0 Å². The van der Waals surface area contributed by atoms with Crippen LogP contribution in [0.1, 0.15) is 34.6 Å². The molecule has 0 radical (unpaired) electrons. The van der Waals surface area contributed by atoms with Crippen LogP contribution >= 0.6 is 0 Å². The van der Waals surface area contributed by atoms with Crippen LogP contribution in [0.15, 0.2) is 78.9 Å². The Kier molecular flexibility index (Phi) is 5.29. The van der Waals surface area contributed by atoms with Gasteiger partial charge in [-0.15, -0.1) is 0 Å². The van der Waals surface area contributed by atoms with Crippen molar-refractivity contribution in [2.75, 3.05) is 17.2 Å². The van der Waals surface area contributed by atoms with Crippen molar-refractivity contribution < 1.29 is 9.59 Å². The van der Waals surface area contributed by atoms with Crippen LogP contribution < -0.4 is 10.6 Å². The van der Waals surface area contributed by atoms with Gasteiger partial charge in [-0.05, 0) is 41.8 Å². The fourth-order valence-corrected chi connectivity index (χ4v) is 3.63. The van der Waals surface area contributed by atoms with Crippen LogP contribution in [0.3, 0.4) is 0 Å². The zero-order valence-corrected chi connectivity index (χ0v) is 16.3. The molecular weight excluding hydrogens is 362 g/mol. The zero-order valence-electron chi connectivity index (χ0n) is 16.3. The van der Waals surface area contributed by atoms with Crippen molar-refractivity contribution in [1.82, 2.24) is 4.90 Å². The molecular formula is C24H23N3O2. The maximum atomic E-state index is 13.3. The first-order valence-electron chi connectivity index (χ1n) is 9.70. The molecule has 0 saturated carbocycles. The first-order chi connectivity index (χ1) is 14.1. The van der Waals surface area contributed by atoms with E-state index in [4.69, 9.17) is 0 Å². The summed E-state index contributed by atoms with van der Waals surface area (Å²) in [6, 6.07) is 25.4. The lowest BCUT2D eigenvalue weighted by Gasteiger charge is -2.38. The molecule has 1 heterocycles. The Morgan fingerprint density at radius 2 is 1.66 bits per heavy atom. The van der Waals surface area contributed by atoms with E-state index >= 15 is 0 Å². The molecule has 2 amide bonds. The lowest BCUT2D eigenvalue weighted by atomic mass is 10.0. The normalized spacial score (nSPS) is 15.4. The molecule has 5 nitrogen and oxygen atoms in total. The number of para-hydroxylation sites is 1. The number of carbonyl (C=O) groups excluding carboxylic acids is 2. The lowest BCUT2D eigenvalue weighted by molar-refractivity contribution is -0.114. The van der Waals surface area contributed by atoms with Gasteiger partial charge in [0.05, 0.1) is 5.56 Å². The maximum Gasteiger partial charge on any atom is 0.257 e. The highest BCUT2D eigenvalue weighted by Gasteiger charge is 2.32. The molecule has 0 unspecified atom stereocenters. The summed E-state index contributed by atoms with van der Waals surface area (Å²) in [5.74, 6) is -0.0895. The van der Waals surface area contributed by atoms with Crippen molar-refractivity contribution in [3.63, 3.8) is 0 Å². The molecule has 1 atom stereocenters. The average Bonchev–Trinajstić information content (AvgIpc) is 2.74. The standard InChI is InChI=1S/C24H23N3O2/c1-17(28)25-20-13-11-19(12-14-20)23-26-22-10-6-5-9-21(22)24(29)27(23)16-15-18-7-3-2-4-8-18/h2-14,23,26H,15-16H2,1H3,(H,25,28)/t23-/m0/s1. The fourth-order valence-electron chi connectivity index (χ4n) is 3.63. The van der Waals surface area contributed by atoms with Gasteiger partial charge in [0.1, 0.15) is 6.17 Å². The Balaban J connectivity index is 1.63. The van der Waals surface area contributed by atoms with E-state index in [2.05, 4.69) is 22.8 Å². The number of nitrogens with zero attached hydrogens (tertiary/aromatic N) is 1. The molecule has 0 saturated heterocycles. The summed E-state index contributed by atoms with van der Waals surface area (Å²) < 4.78 is 0. The third-order valence-electron chi connectivity index (χ3n) is 5.05. The van der Waals surface area contributed by atoms with Crippen molar-refractivity contribution >= 4 is 23.2 Å². The number of rotatable bonds is 5. The minimum absolute atomic E-state index is 0.0196. The first kappa shape index (κ1) is 18.7. The van der Waals surface area contributed by atoms with Crippen LogP contribution in [-0.4, -0.2) is 23.3 Å². The largest absolute Gasteiger partial charge is 0.361 e. The van der Waals surface area contributed by atoms with Crippen molar-refractivity contribution in [2.45, 2.75) is 19.5 Å². The Hall–Kier alpha value is -3.60. The quantitative estimate of drug-likeness (QED) is 0.682. The Morgan fingerprint density at radius 1 is 0.966 bits per heavy atom. The van der Waals surface area contributed by atoms with Gasteiger partial charge in [-0.1, -0.05) is 54.6 Å². The van der Waals surface area contributed by atoms with Gasteiger partial charge in [-0.25, -0.2) is 0 Å². The topological polar surface area (TPSA) is 61.4 Å². The summed E-state index contributed by atoms with van der Waals surface area (Å²) in [4.78, 5) is 26.4. The number of amides is 2. The SMILES string of the molecule is CC(=O)Nc1ccc([C@H]2Nc3ccccc3C(=O)N2CCc2ccccc2)cc1. The lowest BCUT2D eigenvalue weighted by Crippen LogP contribution is -2.44. The van der Waals surface area contributed by atoms with E-state index in [0.29, 0.717) is 12.1 Å². The predicted molar refractivity (Wildman–Crippen MR) is 115 cm³/mol. The molecule has 3 aromatic carbocycles. The van der Waals surface area contributed by atoms with Gasteiger partial charge >= 0.3 is 0 Å². The predicted octanol–water partition coefficient (Wildman–Crippen LogP) is 4.45. The van der Waals surface area contributed by atoms with E-state index < -0.39 is 0 Å². The Labute approximate surface area is 170 Å². The summed E-state index contributed by atoms with van der Waals surface area (Å²) in [5.41, 5.74) is 4.42. The first-order valence-corrected chi connectivity index (χ1v) is 9.70. The third-order valence-corrected chi connectivity index (χ3v) is 5.05.